The van der Waals surface area contributed by atoms with Crippen LogP contribution in [0.2, 0.25) is 0 Å². The maximum atomic E-state index is 12.9. The quantitative estimate of drug-likeness (QED) is 0.564. The number of rotatable bonds is 8. The van der Waals surface area contributed by atoms with E-state index < -0.39 is 46.3 Å². The molecule has 0 aliphatic carbocycles. The first-order chi connectivity index (χ1) is 12.1. The van der Waals surface area contributed by atoms with Crippen molar-refractivity contribution in [2.24, 2.45) is 0 Å². The highest BCUT2D eigenvalue weighted by atomic mass is 32.2. The fourth-order valence-electron chi connectivity index (χ4n) is 1.71. The summed E-state index contributed by atoms with van der Waals surface area (Å²) in [5.41, 5.74) is 0. The molecule has 0 aliphatic heterocycles. The van der Waals surface area contributed by atoms with Crippen molar-refractivity contribution in [3.05, 3.63) is 30.1 Å². The van der Waals surface area contributed by atoms with Crippen molar-refractivity contribution in [3.63, 3.8) is 0 Å². The zero-order valence-corrected chi connectivity index (χ0v) is 15.3. The molecule has 26 heavy (non-hydrogen) atoms. The van der Waals surface area contributed by atoms with Gasteiger partial charge in [0.05, 0.1) is 11.4 Å². The Hall–Kier alpha value is -2.53. The zero-order valence-electron chi connectivity index (χ0n) is 14.5. The Labute approximate surface area is 150 Å². The third-order valence-electron chi connectivity index (χ3n) is 3.23. The van der Waals surface area contributed by atoms with E-state index in [1.165, 1.54) is 21.0 Å². The van der Waals surface area contributed by atoms with E-state index in [1.54, 1.807) is 0 Å². The van der Waals surface area contributed by atoms with Crippen molar-refractivity contribution in [1.82, 2.24) is 14.9 Å². The molecule has 2 N–H and O–H groups in total. The fourth-order valence-corrected chi connectivity index (χ4v) is 2.91. The molecule has 0 saturated carbocycles. The number of carbonyl (C=O) groups excluding carboxylic acids is 3. The van der Waals surface area contributed by atoms with Gasteiger partial charge in [-0.05, 0) is 31.2 Å². The van der Waals surface area contributed by atoms with Crippen molar-refractivity contribution in [1.29, 1.82) is 0 Å². The molecule has 144 valence electrons. The van der Waals surface area contributed by atoms with Gasteiger partial charge in [-0.2, -0.15) is 4.72 Å². The summed E-state index contributed by atoms with van der Waals surface area (Å²) in [6, 6.07) is 2.76. The number of benzene rings is 1. The van der Waals surface area contributed by atoms with Gasteiger partial charge in [0, 0.05) is 14.1 Å². The zero-order chi connectivity index (χ0) is 19.9. The van der Waals surface area contributed by atoms with Gasteiger partial charge in [-0.15, -0.1) is 0 Å². The van der Waals surface area contributed by atoms with Gasteiger partial charge in [-0.1, -0.05) is 0 Å². The molecule has 0 saturated heterocycles. The number of hydrogen-bond donors (Lipinski definition) is 2. The maximum absolute atomic E-state index is 12.9. The molecule has 2 amide bonds. The van der Waals surface area contributed by atoms with Crippen LogP contribution in [0.1, 0.15) is 6.92 Å². The molecule has 1 aromatic carbocycles. The lowest BCUT2D eigenvalue weighted by atomic mass is 10.4. The van der Waals surface area contributed by atoms with E-state index in [0.717, 1.165) is 29.2 Å². The topological polar surface area (TPSA) is 122 Å². The Balaban J connectivity index is 2.58. The average Bonchev–Trinajstić information content (AvgIpc) is 2.58. The van der Waals surface area contributed by atoms with Gasteiger partial charge in [0.25, 0.3) is 5.91 Å². The van der Waals surface area contributed by atoms with E-state index >= 15 is 0 Å². The number of nitrogens with zero attached hydrogens (tertiary/aromatic N) is 1. The van der Waals surface area contributed by atoms with E-state index in [9.17, 15) is 27.2 Å². The minimum atomic E-state index is -4.06. The minimum absolute atomic E-state index is 0.209. The lowest BCUT2D eigenvalue weighted by Crippen LogP contribution is -2.42. The monoisotopic (exact) mass is 389 g/mol. The summed E-state index contributed by atoms with van der Waals surface area (Å²) in [5, 5.41) is 2.34. The Kier molecular flexibility index (Phi) is 7.65. The van der Waals surface area contributed by atoms with Crippen LogP contribution >= 0.6 is 0 Å². The number of carbonyl (C=O) groups is 3. The highest BCUT2D eigenvalue weighted by Gasteiger charge is 2.24. The fraction of sp³-hybridized carbons (Fsp3) is 0.400. The van der Waals surface area contributed by atoms with Crippen molar-refractivity contribution < 1.29 is 31.9 Å². The van der Waals surface area contributed by atoms with Crippen LogP contribution in [0.25, 0.3) is 0 Å². The summed E-state index contributed by atoms with van der Waals surface area (Å²) in [5.74, 6) is -2.60. The van der Waals surface area contributed by atoms with E-state index in [1.807, 2.05) is 0 Å². The van der Waals surface area contributed by atoms with Crippen LogP contribution in [0.3, 0.4) is 0 Å². The van der Waals surface area contributed by atoms with Gasteiger partial charge < -0.3 is 15.0 Å². The number of sulfonamides is 1. The molecule has 1 aromatic rings. The van der Waals surface area contributed by atoms with E-state index in [2.05, 4.69) is 10.0 Å². The Morgan fingerprint density at radius 2 is 1.81 bits per heavy atom. The van der Waals surface area contributed by atoms with Crippen molar-refractivity contribution >= 4 is 27.8 Å². The van der Waals surface area contributed by atoms with Crippen molar-refractivity contribution in [3.8, 4) is 0 Å². The maximum Gasteiger partial charge on any atom is 0.324 e. The number of likely N-dealkylation sites (N-methyl/N-ethyl adjacent to an activating group) is 2. The summed E-state index contributed by atoms with van der Waals surface area (Å²) in [6.07, 6.45) is 0. The van der Waals surface area contributed by atoms with E-state index in [4.69, 9.17) is 4.74 Å². The normalized spacial score (nSPS) is 12.2. The van der Waals surface area contributed by atoms with Crippen LogP contribution in [-0.4, -0.2) is 64.4 Å². The molecular formula is C15H20FN3O6S. The predicted octanol–water partition coefficient (Wildman–Crippen LogP) is -0.760. The van der Waals surface area contributed by atoms with Crippen LogP contribution < -0.4 is 10.0 Å². The van der Waals surface area contributed by atoms with Gasteiger partial charge in [0.15, 0.2) is 6.61 Å². The van der Waals surface area contributed by atoms with Gasteiger partial charge in [-0.25, -0.2) is 12.8 Å². The summed E-state index contributed by atoms with van der Waals surface area (Å²) < 4.78 is 43.9. The second-order valence-corrected chi connectivity index (χ2v) is 7.04. The van der Waals surface area contributed by atoms with Gasteiger partial charge in [0.1, 0.15) is 11.9 Å². The van der Waals surface area contributed by atoms with Gasteiger partial charge >= 0.3 is 5.97 Å². The van der Waals surface area contributed by atoms with Crippen LogP contribution in [0.4, 0.5) is 4.39 Å². The number of hydrogen-bond acceptors (Lipinski definition) is 6. The average molecular weight is 389 g/mol. The number of halogens is 1. The number of esters is 1. The molecule has 1 rings (SSSR count). The molecule has 0 heterocycles. The molecular weight excluding hydrogens is 369 g/mol. The molecule has 0 radical (unpaired) electrons. The largest absolute Gasteiger partial charge is 0.454 e. The highest BCUT2D eigenvalue weighted by molar-refractivity contribution is 7.89. The molecule has 0 bridgehead atoms. The number of ether oxygens (including phenoxy) is 1. The summed E-state index contributed by atoms with van der Waals surface area (Å²) in [4.78, 5) is 35.6. The molecule has 0 fully saturated rings. The SMILES string of the molecule is CNC(=O)CN(C)C(=O)COC(=O)[C@H](C)NS(=O)(=O)c1ccc(F)cc1. The molecule has 0 aromatic heterocycles. The first-order valence-electron chi connectivity index (χ1n) is 7.46. The first kappa shape index (κ1) is 21.5. The minimum Gasteiger partial charge on any atom is -0.454 e. The Morgan fingerprint density at radius 1 is 1.23 bits per heavy atom. The molecule has 9 nitrogen and oxygen atoms in total. The summed E-state index contributed by atoms with van der Waals surface area (Å²) in [7, 11) is -1.30. The standard InChI is InChI=1S/C15H20FN3O6S/c1-10(18-26(23,24)12-6-4-11(16)5-7-12)15(22)25-9-14(21)19(3)8-13(20)17-2/h4-7,10,18H,8-9H2,1-3H3,(H,17,20)/t10-/m0/s1. The van der Waals surface area contributed by atoms with Gasteiger partial charge in [0.2, 0.25) is 15.9 Å². The Bertz CT molecular complexity index is 766. The second-order valence-electron chi connectivity index (χ2n) is 5.33. The van der Waals surface area contributed by atoms with E-state index in [-0.39, 0.29) is 11.4 Å². The molecule has 11 heteroatoms. The second kappa shape index (κ2) is 9.25. The summed E-state index contributed by atoms with van der Waals surface area (Å²) in [6.45, 7) is 0.386. The lowest BCUT2D eigenvalue weighted by molar-refractivity contribution is -0.153. The third kappa shape index (κ3) is 6.41. The molecule has 1 atom stereocenters. The smallest absolute Gasteiger partial charge is 0.324 e. The first-order valence-corrected chi connectivity index (χ1v) is 8.94. The third-order valence-corrected chi connectivity index (χ3v) is 4.79. The molecule has 0 aliphatic rings. The summed E-state index contributed by atoms with van der Waals surface area (Å²) >= 11 is 0. The van der Waals surface area contributed by atoms with Gasteiger partial charge in [-0.3, -0.25) is 14.4 Å². The van der Waals surface area contributed by atoms with Crippen LogP contribution in [0.5, 0.6) is 0 Å². The van der Waals surface area contributed by atoms with Crippen LogP contribution in [0.15, 0.2) is 29.2 Å². The van der Waals surface area contributed by atoms with Crippen molar-refractivity contribution in [2.45, 2.75) is 17.9 Å². The number of amides is 2. The predicted molar refractivity (Wildman–Crippen MR) is 88.8 cm³/mol. The molecule has 0 unspecified atom stereocenters. The van der Waals surface area contributed by atoms with Crippen LogP contribution in [-0.2, 0) is 29.1 Å². The van der Waals surface area contributed by atoms with Crippen LogP contribution in [0, 0.1) is 5.82 Å². The Morgan fingerprint density at radius 3 is 2.35 bits per heavy atom. The molecule has 0 spiro atoms. The van der Waals surface area contributed by atoms with E-state index in [0.29, 0.717) is 0 Å². The highest BCUT2D eigenvalue weighted by Crippen LogP contribution is 2.10. The van der Waals surface area contributed by atoms with Crippen molar-refractivity contribution in [2.75, 3.05) is 27.2 Å². The lowest BCUT2D eigenvalue weighted by Gasteiger charge is -2.17. The number of nitrogens with one attached hydrogen (secondary N) is 2.